The van der Waals surface area contributed by atoms with Crippen LogP contribution < -0.4 is 10.2 Å². The van der Waals surface area contributed by atoms with Crippen LogP contribution in [0, 0.1) is 5.92 Å². The zero-order valence-corrected chi connectivity index (χ0v) is 15.4. The van der Waals surface area contributed by atoms with E-state index in [2.05, 4.69) is 12.2 Å². The highest BCUT2D eigenvalue weighted by atomic mass is 16.5. The summed E-state index contributed by atoms with van der Waals surface area (Å²) in [6, 6.07) is 6.26. The molecule has 3 amide bonds. The van der Waals surface area contributed by atoms with Crippen molar-refractivity contribution < 1.29 is 23.9 Å². The smallest absolute Gasteiger partial charge is 0.338 e. The second-order valence-electron chi connectivity index (χ2n) is 7.19. The van der Waals surface area contributed by atoms with Gasteiger partial charge in [0, 0.05) is 18.9 Å². The van der Waals surface area contributed by atoms with E-state index < -0.39 is 5.97 Å². The third-order valence-corrected chi connectivity index (χ3v) is 5.18. The lowest BCUT2D eigenvalue weighted by Crippen LogP contribution is -2.42. The fourth-order valence-electron chi connectivity index (χ4n) is 3.63. The van der Waals surface area contributed by atoms with E-state index in [0.29, 0.717) is 11.6 Å². The molecular formula is C20H24N2O5. The van der Waals surface area contributed by atoms with Gasteiger partial charge in [0.05, 0.1) is 11.3 Å². The molecule has 2 atom stereocenters. The molecule has 27 heavy (non-hydrogen) atoms. The average Bonchev–Trinajstić information content (AvgIpc) is 3.00. The monoisotopic (exact) mass is 372 g/mol. The number of esters is 1. The number of hydrogen-bond acceptors (Lipinski definition) is 5. The number of hydrogen-bond donors (Lipinski definition) is 1. The first-order valence-corrected chi connectivity index (χ1v) is 9.38. The SMILES string of the molecule is C[C@@H]1CCCC[C@H]1NC(=O)COC(=O)c1cccc(N2C(=O)CCC2=O)c1. The van der Waals surface area contributed by atoms with E-state index in [0.717, 1.165) is 24.2 Å². The molecule has 3 rings (SSSR count). The van der Waals surface area contributed by atoms with E-state index in [9.17, 15) is 19.2 Å². The van der Waals surface area contributed by atoms with Crippen LogP contribution in [0.15, 0.2) is 24.3 Å². The second kappa shape index (κ2) is 8.33. The van der Waals surface area contributed by atoms with Crippen LogP contribution in [-0.4, -0.2) is 36.3 Å². The Labute approximate surface area is 158 Å². The standard InChI is InChI=1S/C20H24N2O5/c1-13-5-2-3-8-16(13)21-17(23)12-27-20(26)14-6-4-7-15(11-14)22-18(24)9-10-19(22)25/h4,6-7,11,13,16H,2-3,5,8-10,12H2,1H3,(H,21,23)/t13-,16-/m1/s1. The Balaban J connectivity index is 1.56. The number of carbonyl (C=O) groups excluding carboxylic acids is 4. The third-order valence-electron chi connectivity index (χ3n) is 5.18. The Morgan fingerprint density at radius 2 is 1.85 bits per heavy atom. The van der Waals surface area contributed by atoms with Crippen molar-refractivity contribution in [3.63, 3.8) is 0 Å². The number of amides is 3. The maximum Gasteiger partial charge on any atom is 0.338 e. The highest BCUT2D eigenvalue weighted by Gasteiger charge is 2.30. The van der Waals surface area contributed by atoms with E-state index in [1.165, 1.54) is 18.6 Å². The average molecular weight is 372 g/mol. The first kappa shape index (κ1) is 19.1. The van der Waals surface area contributed by atoms with Crippen LogP contribution >= 0.6 is 0 Å². The fourth-order valence-corrected chi connectivity index (χ4v) is 3.63. The summed E-state index contributed by atoms with van der Waals surface area (Å²) in [7, 11) is 0. The number of benzene rings is 1. The second-order valence-corrected chi connectivity index (χ2v) is 7.19. The first-order chi connectivity index (χ1) is 13.0. The summed E-state index contributed by atoms with van der Waals surface area (Å²) in [6.07, 6.45) is 4.66. The van der Waals surface area contributed by atoms with Crippen molar-refractivity contribution in [3.05, 3.63) is 29.8 Å². The lowest BCUT2D eigenvalue weighted by Gasteiger charge is -2.29. The van der Waals surface area contributed by atoms with Gasteiger partial charge in [0.25, 0.3) is 5.91 Å². The van der Waals surface area contributed by atoms with Crippen LogP contribution in [-0.2, 0) is 19.1 Å². The largest absolute Gasteiger partial charge is 0.452 e. The maximum atomic E-state index is 12.2. The number of rotatable bonds is 5. The topological polar surface area (TPSA) is 92.8 Å². The van der Waals surface area contributed by atoms with E-state index in [-0.39, 0.29) is 48.8 Å². The number of nitrogens with zero attached hydrogens (tertiary/aromatic N) is 1. The van der Waals surface area contributed by atoms with Gasteiger partial charge in [-0.3, -0.25) is 19.3 Å². The van der Waals surface area contributed by atoms with Crippen LogP contribution in [0.2, 0.25) is 0 Å². The molecule has 0 bridgehead atoms. The fraction of sp³-hybridized carbons (Fsp3) is 0.500. The molecule has 1 N–H and O–H groups in total. The van der Waals surface area contributed by atoms with Crippen molar-refractivity contribution in [1.29, 1.82) is 0 Å². The summed E-state index contributed by atoms with van der Waals surface area (Å²) < 4.78 is 5.10. The summed E-state index contributed by atoms with van der Waals surface area (Å²) in [5.41, 5.74) is 0.538. The Bertz CT molecular complexity index is 744. The maximum absolute atomic E-state index is 12.2. The molecule has 2 aliphatic rings. The highest BCUT2D eigenvalue weighted by Crippen LogP contribution is 2.24. The number of nitrogens with one attached hydrogen (secondary N) is 1. The van der Waals surface area contributed by atoms with Gasteiger partial charge in [-0.2, -0.15) is 0 Å². The minimum atomic E-state index is -0.664. The van der Waals surface area contributed by atoms with Gasteiger partial charge >= 0.3 is 5.97 Å². The molecule has 1 aromatic carbocycles. The molecule has 1 aromatic rings. The molecule has 144 valence electrons. The zero-order chi connectivity index (χ0) is 19.4. The van der Waals surface area contributed by atoms with Crippen LogP contribution in [0.25, 0.3) is 0 Å². The van der Waals surface area contributed by atoms with Crippen LogP contribution in [0.5, 0.6) is 0 Å². The number of imide groups is 1. The lowest BCUT2D eigenvalue weighted by atomic mass is 9.86. The van der Waals surface area contributed by atoms with Crippen molar-refractivity contribution in [3.8, 4) is 0 Å². The molecule has 0 unspecified atom stereocenters. The van der Waals surface area contributed by atoms with Crippen molar-refractivity contribution in [2.24, 2.45) is 5.92 Å². The highest BCUT2D eigenvalue weighted by molar-refractivity contribution is 6.20. The van der Waals surface area contributed by atoms with Gasteiger partial charge in [-0.05, 0) is 37.0 Å². The molecule has 1 aliphatic carbocycles. The van der Waals surface area contributed by atoms with E-state index in [1.807, 2.05) is 0 Å². The molecule has 7 heteroatoms. The quantitative estimate of drug-likeness (QED) is 0.632. The Hall–Kier alpha value is -2.70. The van der Waals surface area contributed by atoms with E-state index in [4.69, 9.17) is 4.74 Å². The summed E-state index contributed by atoms with van der Waals surface area (Å²) in [6.45, 7) is 1.76. The van der Waals surface area contributed by atoms with E-state index in [1.54, 1.807) is 12.1 Å². The number of carbonyl (C=O) groups is 4. The van der Waals surface area contributed by atoms with Crippen LogP contribution in [0.1, 0.15) is 55.8 Å². The molecule has 1 heterocycles. The van der Waals surface area contributed by atoms with Crippen molar-refractivity contribution >= 4 is 29.4 Å². The van der Waals surface area contributed by atoms with Crippen LogP contribution in [0.4, 0.5) is 5.69 Å². The van der Waals surface area contributed by atoms with Gasteiger partial charge < -0.3 is 10.1 Å². The normalized spacial score (nSPS) is 22.6. The van der Waals surface area contributed by atoms with Crippen molar-refractivity contribution in [2.75, 3.05) is 11.5 Å². The summed E-state index contributed by atoms with van der Waals surface area (Å²) >= 11 is 0. The summed E-state index contributed by atoms with van der Waals surface area (Å²) in [4.78, 5) is 49.1. The number of anilines is 1. The molecular weight excluding hydrogens is 348 g/mol. The lowest BCUT2D eigenvalue weighted by molar-refractivity contribution is -0.125. The van der Waals surface area contributed by atoms with Gasteiger partial charge in [0.1, 0.15) is 0 Å². The summed E-state index contributed by atoms with van der Waals surface area (Å²) in [5, 5.41) is 2.93. The van der Waals surface area contributed by atoms with Gasteiger partial charge in [-0.1, -0.05) is 25.8 Å². The Morgan fingerprint density at radius 1 is 1.15 bits per heavy atom. The minimum Gasteiger partial charge on any atom is -0.452 e. The summed E-state index contributed by atoms with van der Waals surface area (Å²) in [5.74, 6) is -1.13. The number of ether oxygens (including phenoxy) is 1. The first-order valence-electron chi connectivity index (χ1n) is 9.38. The molecule has 1 saturated carbocycles. The molecule has 0 aromatic heterocycles. The predicted octanol–water partition coefficient (Wildman–Crippen LogP) is 2.19. The van der Waals surface area contributed by atoms with Crippen LogP contribution in [0.3, 0.4) is 0 Å². The third kappa shape index (κ3) is 4.53. The van der Waals surface area contributed by atoms with Gasteiger partial charge in [0.15, 0.2) is 6.61 Å². The molecule has 0 radical (unpaired) electrons. The van der Waals surface area contributed by atoms with Crippen molar-refractivity contribution in [1.82, 2.24) is 5.32 Å². The van der Waals surface area contributed by atoms with Gasteiger partial charge in [-0.15, -0.1) is 0 Å². The van der Waals surface area contributed by atoms with Crippen molar-refractivity contribution in [2.45, 2.75) is 51.5 Å². The zero-order valence-electron chi connectivity index (χ0n) is 15.4. The molecule has 1 aliphatic heterocycles. The molecule has 7 nitrogen and oxygen atoms in total. The van der Waals surface area contributed by atoms with E-state index >= 15 is 0 Å². The molecule has 0 spiro atoms. The predicted molar refractivity (Wildman–Crippen MR) is 98.0 cm³/mol. The Morgan fingerprint density at radius 3 is 2.56 bits per heavy atom. The minimum absolute atomic E-state index is 0.125. The molecule has 1 saturated heterocycles. The van der Waals surface area contributed by atoms with Gasteiger partial charge in [-0.25, -0.2) is 4.79 Å². The molecule has 2 fully saturated rings. The Kier molecular flexibility index (Phi) is 5.88. The van der Waals surface area contributed by atoms with Gasteiger partial charge in [0.2, 0.25) is 11.8 Å².